The first kappa shape index (κ1) is 23.8. The Kier molecular flexibility index (Phi) is 6.42. The third-order valence-corrected chi connectivity index (χ3v) is 8.49. The Morgan fingerprint density at radius 2 is 1.65 bits per heavy atom. The van der Waals surface area contributed by atoms with E-state index in [1.807, 2.05) is 13.8 Å². The van der Waals surface area contributed by atoms with E-state index in [1.165, 1.54) is 48.5 Å². The number of nitrogens with zero attached hydrogens (tertiary/aromatic N) is 2. The highest BCUT2D eigenvalue weighted by atomic mass is 32.2. The first-order chi connectivity index (χ1) is 16.1. The number of imide groups is 1. The first-order valence-corrected chi connectivity index (χ1v) is 12.6. The van der Waals surface area contributed by atoms with E-state index in [2.05, 4.69) is 11.9 Å². The number of carbonyl (C=O) groups excluding carboxylic acids is 3. The van der Waals surface area contributed by atoms with Crippen molar-refractivity contribution in [1.82, 2.24) is 9.21 Å². The maximum absolute atomic E-state index is 13.2. The number of benzene rings is 2. The molecule has 4 rings (SSSR count). The van der Waals surface area contributed by atoms with Gasteiger partial charge in [0.15, 0.2) is 0 Å². The minimum Gasteiger partial charge on any atom is -0.322 e. The van der Waals surface area contributed by atoms with E-state index in [0.29, 0.717) is 5.69 Å². The second-order valence-corrected chi connectivity index (χ2v) is 10.6. The summed E-state index contributed by atoms with van der Waals surface area (Å²) in [4.78, 5) is 38.9. The number of hydrogen-bond acceptors (Lipinski definition) is 5. The Hall–Kier alpha value is -3.30. The smallest absolute Gasteiger partial charge is 0.261 e. The van der Waals surface area contributed by atoms with E-state index in [-0.39, 0.29) is 40.2 Å². The summed E-state index contributed by atoms with van der Waals surface area (Å²) in [7, 11) is -3.65. The molecule has 2 aromatic carbocycles. The van der Waals surface area contributed by atoms with Crippen LogP contribution in [0.5, 0.6) is 0 Å². The lowest BCUT2D eigenvalue weighted by molar-refractivity contribution is 0.0672. The van der Waals surface area contributed by atoms with E-state index >= 15 is 0 Å². The lowest BCUT2D eigenvalue weighted by atomic mass is 10.0. The molecule has 178 valence electrons. The van der Waals surface area contributed by atoms with E-state index < -0.39 is 27.7 Å². The fraction of sp³-hybridized carbons (Fsp3) is 0.320. The number of hydrogen-bond donors (Lipinski definition) is 1. The number of anilines is 1. The molecule has 0 bridgehead atoms. The molecule has 2 heterocycles. The Labute approximate surface area is 199 Å². The zero-order valence-corrected chi connectivity index (χ0v) is 20.0. The van der Waals surface area contributed by atoms with Crippen LogP contribution in [0, 0.1) is 0 Å². The zero-order valence-electron chi connectivity index (χ0n) is 19.2. The molecule has 2 aliphatic heterocycles. The summed E-state index contributed by atoms with van der Waals surface area (Å²) in [6, 6.07) is 10.3. The van der Waals surface area contributed by atoms with Crippen molar-refractivity contribution in [2.45, 2.75) is 50.1 Å². The monoisotopic (exact) mass is 481 g/mol. The van der Waals surface area contributed by atoms with Gasteiger partial charge in [0.1, 0.15) is 0 Å². The van der Waals surface area contributed by atoms with Crippen LogP contribution in [0.2, 0.25) is 0 Å². The van der Waals surface area contributed by atoms with Crippen molar-refractivity contribution in [2.24, 2.45) is 0 Å². The third kappa shape index (κ3) is 4.17. The van der Waals surface area contributed by atoms with Crippen molar-refractivity contribution in [2.75, 3.05) is 11.9 Å². The van der Waals surface area contributed by atoms with Gasteiger partial charge in [-0.05, 0) is 69.2 Å². The minimum atomic E-state index is -3.65. The molecule has 2 aliphatic rings. The van der Waals surface area contributed by atoms with E-state index in [9.17, 15) is 22.8 Å². The number of rotatable bonds is 6. The van der Waals surface area contributed by atoms with Crippen molar-refractivity contribution >= 4 is 33.4 Å². The molecule has 1 N–H and O–H groups in total. The largest absolute Gasteiger partial charge is 0.322 e. The molecule has 0 aliphatic carbocycles. The van der Waals surface area contributed by atoms with Crippen LogP contribution in [0.1, 0.15) is 64.2 Å². The van der Waals surface area contributed by atoms with E-state index in [0.717, 1.165) is 24.2 Å². The molecule has 0 unspecified atom stereocenters. The van der Waals surface area contributed by atoms with Crippen molar-refractivity contribution in [1.29, 1.82) is 0 Å². The maximum Gasteiger partial charge on any atom is 0.261 e. The highest BCUT2D eigenvalue weighted by Crippen LogP contribution is 2.30. The fourth-order valence-electron chi connectivity index (χ4n) is 4.63. The van der Waals surface area contributed by atoms with Gasteiger partial charge in [0.25, 0.3) is 17.7 Å². The summed E-state index contributed by atoms with van der Waals surface area (Å²) < 4.78 is 27.9. The lowest BCUT2D eigenvalue weighted by Gasteiger charge is -2.37. The number of fused-ring (bicyclic) bond motifs is 1. The van der Waals surface area contributed by atoms with Gasteiger partial charge >= 0.3 is 0 Å². The van der Waals surface area contributed by atoms with Crippen LogP contribution in [0.15, 0.2) is 60.0 Å². The predicted molar refractivity (Wildman–Crippen MR) is 128 cm³/mol. The van der Waals surface area contributed by atoms with Crippen LogP contribution >= 0.6 is 0 Å². The van der Waals surface area contributed by atoms with Crippen LogP contribution in [-0.2, 0) is 10.0 Å². The molecular weight excluding hydrogens is 454 g/mol. The Morgan fingerprint density at radius 1 is 1.03 bits per heavy atom. The fourth-order valence-corrected chi connectivity index (χ4v) is 6.52. The number of carbonyl (C=O) groups is 3. The van der Waals surface area contributed by atoms with Gasteiger partial charge in [-0.1, -0.05) is 12.5 Å². The molecule has 3 amide bonds. The van der Waals surface area contributed by atoms with E-state index in [1.54, 1.807) is 4.31 Å². The lowest BCUT2D eigenvalue weighted by Crippen LogP contribution is -2.47. The molecule has 1 saturated heterocycles. The van der Waals surface area contributed by atoms with Crippen molar-refractivity contribution in [3.63, 3.8) is 0 Å². The molecule has 2 aromatic rings. The molecule has 34 heavy (non-hydrogen) atoms. The molecule has 8 nitrogen and oxygen atoms in total. The Bertz CT molecular complexity index is 1260. The summed E-state index contributed by atoms with van der Waals surface area (Å²) in [5.41, 5.74) is 1.05. The Balaban J connectivity index is 1.51. The molecule has 2 atom stereocenters. The molecule has 0 spiro atoms. The molecule has 0 aromatic heterocycles. The standard InChI is InChI=1S/C25H27N3O5S/c1-4-14-27-24(30)21-13-8-18(15-22(21)25(27)31)23(29)26-19-9-11-20(12-10-19)34(32,33)28-16(2)6-5-7-17(28)3/h4,8-13,15-17H,1,5-7,14H2,2-3H3,(H,26,29)/t16-,17+. The van der Waals surface area contributed by atoms with Gasteiger partial charge in [-0.15, -0.1) is 6.58 Å². The van der Waals surface area contributed by atoms with Gasteiger partial charge in [-0.2, -0.15) is 4.31 Å². The predicted octanol–water partition coefficient (Wildman–Crippen LogP) is 3.67. The zero-order chi connectivity index (χ0) is 24.6. The third-order valence-electron chi connectivity index (χ3n) is 6.34. The average molecular weight is 482 g/mol. The number of nitrogens with one attached hydrogen (secondary N) is 1. The number of amides is 3. The normalized spacial score (nSPS) is 20.8. The van der Waals surface area contributed by atoms with Gasteiger partial charge in [0.2, 0.25) is 10.0 Å². The van der Waals surface area contributed by atoms with Gasteiger partial charge < -0.3 is 5.32 Å². The second kappa shape index (κ2) is 9.15. The van der Waals surface area contributed by atoms with Crippen LogP contribution in [0.3, 0.4) is 0 Å². The van der Waals surface area contributed by atoms with Crippen LogP contribution in [-0.4, -0.2) is 54.0 Å². The quantitative estimate of drug-likeness (QED) is 0.501. The van der Waals surface area contributed by atoms with Crippen LogP contribution in [0.4, 0.5) is 5.69 Å². The van der Waals surface area contributed by atoms with Crippen LogP contribution < -0.4 is 5.32 Å². The maximum atomic E-state index is 13.2. The van der Waals surface area contributed by atoms with Crippen LogP contribution in [0.25, 0.3) is 0 Å². The summed E-state index contributed by atoms with van der Waals surface area (Å²) in [5.74, 6) is -1.36. The van der Waals surface area contributed by atoms with Crippen molar-refractivity contribution in [3.8, 4) is 0 Å². The van der Waals surface area contributed by atoms with Crippen molar-refractivity contribution < 1.29 is 22.8 Å². The highest BCUT2D eigenvalue weighted by Gasteiger charge is 2.36. The highest BCUT2D eigenvalue weighted by molar-refractivity contribution is 7.89. The van der Waals surface area contributed by atoms with Gasteiger partial charge in [0.05, 0.1) is 16.0 Å². The molecule has 9 heteroatoms. The number of piperidine rings is 1. The number of sulfonamides is 1. The molecule has 0 radical (unpaired) electrons. The Morgan fingerprint density at radius 3 is 2.26 bits per heavy atom. The summed E-state index contributed by atoms with van der Waals surface area (Å²) in [6.45, 7) is 7.50. The molecule has 1 fully saturated rings. The topological polar surface area (TPSA) is 104 Å². The van der Waals surface area contributed by atoms with Gasteiger partial charge in [-0.3, -0.25) is 19.3 Å². The van der Waals surface area contributed by atoms with E-state index in [4.69, 9.17) is 0 Å². The summed E-state index contributed by atoms with van der Waals surface area (Å²) in [6.07, 6.45) is 4.13. The minimum absolute atomic E-state index is 0.0649. The first-order valence-electron chi connectivity index (χ1n) is 11.2. The van der Waals surface area contributed by atoms with Gasteiger partial charge in [-0.25, -0.2) is 8.42 Å². The second-order valence-electron chi connectivity index (χ2n) is 8.71. The molecule has 0 saturated carbocycles. The summed E-state index contributed by atoms with van der Waals surface area (Å²) in [5, 5.41) is 2.71. The van der Waals surface area contributed by atoms with Gasteiger partial charge in [0, 0.05) is 29.9 Å². The SMILES string of the molecule is C=CCN1C(=O)c2ccc(C(=O)Nc3ccc(S(=O)(=O)N4[C@H](C)CCC[C@@H]4C)cc3)cc2C1=O. The molecular formula is C25H27N3O5S. The summed E-state index contributed by atoms with van der Waals surface area (Å²) >= 11 is 0. The van der Waals surface area contributed by atoms with Crippen molar-refractivity contribution in [3.05, 3.63) is 71.8 Å². The average Bonchev–Trinajstić information content (AvgIpc) is 3.04.